The molecule has 15 heavy (non-hydrogen) atoms. The average Bonchev–Trinajstić information content (AvgIpc) is 2.18. The van der Waals surface area contributed by atoms with E-state index in [-0.39, 0.29) is 0 Å². The predicted molar refractivity (Wildman–Crippen MR) is 59.8 cm³/mol. The van der Waals surface area contributed by atoms with Gasteiger partial charge in [-0.3, -0.25) is 0 Å². The summed E-state index contributed by atoms with van der Waals surface area (Å²) >= 11 is 3.27. The van der Waals surface area contributed by atoms with Crippen LogP contribution in [-0.2, 0) is 0 Å². The van der Waals surface area contributed by atoms with Crippen molar-refractivity contribution in [2.45, 2.75) is 19.4 Å². The van der Waals surface area contributed by atoms with Gasteiger partial charge in [0.05, 0.1) is 18.8 Å². The largest absolute Gasteiger partial charge is 0.495 e. The van der Waals surface area contributed by atoms with Gasteiger partial charge in [0.2, 0.25) is 0 Å². The van der Waals surface area contributed by atoms with Crippen LogP contribution in [0, 0.1) is 0 Å². The number of alkyl halides is 2. The molecular weight excluding hydrogens is 268 g/mol. The van der Waals surface area contributed by atoms with Crippen molar-refractivity contribution in [2.75, 3.05) is 12.4 Å². The highest BCUT2D eigenvalue weighted by Crippen LogP contribution is 2.28. The summed E-state index contributed by atoms with van der Waals surface area (Å²) in [4.78, 5) is 0. The number of benzene rings is 1. The lowest BCUT2D eigenvalue weighted by atomic mass is 10.2. The molecule has 1 aromatic rings. The van der Waals surface area contributed by atoms with Gasteiger partial charge in [-0.15, -0.1) is 0 Å². The second kappa shape index (κ2) is 5.30. The lowest BCUT2D eigenvalue weighted by molar-refractivity contribution is 0.130. The molecule has 0 spiro atoms. The van der Waals surface area contributed by atoms with Gasteiger partial charge in [-0.1, -0.05) is 15.9 Å². The maximum Gasteiger partial charge on any atom is 0.258 e. The van der Waals surface area contributed by atoms with Crippen LogP contribution in [-0.4, -0.2) is 19.6 Å². The molecule has 0 fully saturated rings. The Bertz CT molecular complexity index is 333. The van der Waals surface area contributed by atoms with Crippen molar-refractivity contribution in [1.29, 1.82) is 0 Å². The second-order valence-electron chi connectivity index (χ2n) is 3.11. The van der Waals surface area contributed by atoms with E-state index in [9.17, 15) is 8.78 Å². The topological polar surface area (TPSA) is 21.3 Å². The van der Waals surface area contributed by atoms with Gasteiger partial charge in [0, 0.05) is 4.47 Å². The van der Waals surface area contributed by atoms with Crippen LogP contribution in [0.15, 0.2) is 22.7 Å². The van der Waals surface area contributed by atoms with Crippen molar-refractivity contribution in [1.82, 2.24) is 0 Å². The minimum Gasteiger partial charge on any atom is -0.495 e. The molecular formula is C10H12BrF2NO. The Labute approximate surface area is 95.8 Å². The molecule has 1 rings (SSSR count). The number of rotatable bonds is 4. The van der Waals surface area contributed by atoms with Gasteiger partial charge in [0.25, 0.3) is 6.43 Å². The maximum absolute atomic E-state index is 12.3. The lowest BCUT2D eigenvalue weighted by Gasteiger charge is -2.16. The fourth-order valence-electron chi connectivity index (χ4n) is 1.10. The van der Waals surface area contributed by atoms with Gasteiger partial charge in [0.15, 0.2) is 0 Å². The molecule has 0 amide bonds. The Morgan fingerprint density at radius 1 is 1.40 bits per heavy atom. The standard InChI is InChI=1S/C10H12BrF2NO/c1-6(10(12)13)14-8-5-7(11)3-4-9(8)15-2/h3-6,10,14H,1-2H3. The van der Waals surface area contributed by atoms with Crippen molar-refractivity contribution < 1.29 is 13.5 Å². The highest BCUT2D eigenvalue weighted by molar-refractivity contribution is 9.10. The maximum atomic E-state index is 12.3. The van der Waals surface area contributed by atoms with E-state index >= 15 is 0 Å². The Kier molecular flexibility index (Phi) is 4.32. The Morgan fingerprint density at radius 2 is 2.07 bits per heavy atom. The molecule has 1 N–H and O–H groups in total. The molecule has 0 saturated heterocycles. The molecule has 5 heteroatoms. The van der Waals surface area contributed by atoms with E-state index in [1.165, 1.54) is 14.0 Å². The highest BCUT2D eigenvalue weighted by atomic mass is 79.9. The summed E-state index contributed by atoms with van der Waals surface area (Å²) in [5, 5.41) is 2.70. The van der Waals surface area contributed by atoms with Crippen molar-refractivity contribution in [2.24, 2.45) is 0 Å². The van der Waals surface area contributed by atoms with Crippen LogP contribution in [0.1, 0.15) is 6.92 Å². The number of halogens is 3. The van der Waals surface area contributed by atoms with Crippen LogP contribution < -0.4 is 10.1 Å². The molecule has 1 unspecified atom stereocenters. The first-order valence-electron chi connectivity index (χ1n) is 4.43. The molecule has 0 radical (unpaired) electrons. The lowest BCUT2D eigenvalue weighted by Crippen LogP contribution is -2.24. The second-order valence-corrected chi connectivity index (χ2v) is 4.03. The van der Waals surface area contributed by atoms with Crippen molar-refractivity contribution in [3.8, 4) is 5.75 Å². The number of anilines is 1. The van der Waals surface area contributed by atoms with E-state index in [1.54, 1.807) is 18.2 Å². The zero-order valence-corrected chi connectivity index (χ0v) is 10.0. The molecule has 84 valence electrons. The number of ether oxygens (including phenoxy) is 1. The molecule has 0 bridgehead atoms. The molecule has 0 aliphatic carbocycles. The number of hydrogen-bond acceptors (Lipinski definition) is 2. The molecule has 0 aliphatic heterocycles. The fourth-order valence-corrected chi connectivity index (χ4v) is 1.46. The summed E-state index contributed by atoms with van der Waals surface area (Å²) in [7, 11) is 1.50. The Morgan fingerprint density at radius 3 is 2.60 bits per heavy atom. The van der Waals surface area contributed by atoms with Crippen LogP contribution in [0.4, 0.5) is 14.5 Å². The van der Waals surface area contributed by atoms with Crippen LogP contribution in [0.25, 0.3) is 0 Å². The molecule has 0 heterocycles. The number of nitrogens with one attached hydrogen (secondary N) is 1. The molecule has 0 aliphatic rings. The normalized spacial score (nSPS) is 12.7. The molecule has 0 saturated carbocycles. The van der Waals surface area contributed by atoms with E-state index in [2.05, 4.69) is 21.2 Å². The van der Waals surface area contributed by atoms with Gasteiger partial charge >= 0.3 is 0 Å². The van der Waals surface area contributed by atoms with Crippen LogP contribution in [0.5, 0.6) is 5.75 Å². The van der Waals surface area contributed by atoms with Crippen molar-refractivity contribution >= 4 is 21.6 Å². The molecule has 0 aromatic heterocycles. The summed E-state index contributed by atoms with van der Waals surface area (Å²) < 4.78 is 30.5. The van der Waals surface area contributed by atoms with Gasteiger partial charge in [-0.2, -0.15) is 0 Å². The first-order valence-corrected chi connectivity index (χ1v) is 5.22. The average molecular weight is 280 g/mol. The van der Waals surface area contributed by atoms with Crippen LogP contribution in [0.2, 0.25) is 0 Å². The summed E-state index contributed by atoms with van der Waals surface area (Å²) in [5.41, 5.74) is 0.555. The van der Waals surface area contributed by atoms with Crippen LogP contribution >= 0.6 is 15.9 Å². The van der Waals surface area contributed by atoms with E-state index in [0.29, 0.717) is 11.4 Å². The fraction of sp³-hybridized carbons (Fsp3) is 0.400. The van der Waals surface area contributed by atoms with Gasteiger partial charge < -0.3 is 10.1 Å². The number of methoxy groups -OCH3 is 1. The Balaban J connectivity index is 2.87. The molecule has 1 aromatic carbocycles. The van der Waals surface area contributed by atoms with Crippen LogP contribution in [0.3, 0.4) is 0 Å². The zero-order valence-electron chi connectivity index (χ0n) is 8.43. The summed E-state index contributed by atoms with van der Waals surface area (Å²) in [6.45, 7) is 1.42. The van der Waals surface area contributed by atoms with Crippen molar-refractivity contribution in [3.05, 3.63) is 22.7 Å². The minimum atomic E-state index is -2.41. The first-order chi connectivity index (χ1) is 7.04. The summed E-state index contributed by atoms with van der Waals surface area (Å²) in [5.74, 6) is 0.547. The van der Waals surface area contributed by atoms with E-state index in [4.69, 9.17) is 4.74 Å². The summed E-state index contributed by atoms with van der Waals surface area (Å²) in [6.07, 6.45) is -2.41. The zero-order chi connectivity index (χ0) is 11.4. The van der Waals surface area contributed by atoms with Gasteiger partial charge in [-0.25, -0.2) is 8.78 Å². The third-order valence-corrected chi connectivity index (χ3v) is 2.42. The quantitative estimate of drug-likeness (QED) is 0.911. The third kappa shape index (κ3) is 3.34. The van der Waals surface area contributed by atoms with E-state index in [1.807, 2.05) is 0 Å². The minimum absolute atomic E-state index is 0.547. The predicted octanol–water partition coefficient (Wildman–Crippen LogP) is 3.52. The Hall–Kier alpha value is -0.840. The summed E-state index contributed by atoms with van der Waals surface area (Å²) in [6, 6.07) is 4.30. The third-order valence-electron chi connectivity index (χ3n) is 1.92. The number of hydrogen-bond donors (Lipinski definition) is 1. The van der Waals surface area contributed by atoms with Gasteiger partial charge in [-0.05, 0) is 25.1 Å². The van der Waals surface area contributed by atoms with E-state index < -0.39 is 12.5 Å². The molecule has 2 nitrogen and oxygen atoms in total. The SMILES string of the molecule is COc1ccc(Br)cc1NC(C)C(F)F. The highest BCUT2D eigenvalue weighted by Gasteiger charge is 2.15. The molecule has 1 atom stereocenters. The smallest absolute Gasteiger partial charge is 0.258 e. The van der Waals surface area contributed by atoms with Gasteiger partial charge in [0.1, 0.15) is 5.75 Å². The first kappa shape index (κ1) is 12.2. The monoisotopic (exact) mass is 279 g/mol. The van der Waals surface area contributed by atoms with E-state index in [0.717, 1.165) is 4.47 Å². The van der Waals surface area contributed by atoms with Crippen molar-refractivity contribution in [3.63, 3.8) is 0 Å².